The second-order valence-electron chi connectivity index (χ2n) is 4.07. The number of carbonyl (C=O) groups is 1. The Kier molecular flexibility index (Phi) is 4.23. The molecule has 0 spiro atoms. The summed E-state index contributed by atoms with van der Waals surface area (Å²) >= 11 is 5.03. The van der Waals surface area contributed by atoms with Crippen molar-refractivity contribution in [3.63, 3.8) is 0 Å². The van der Waals surface area contributed by atoms with Crippen molar-refractivity contribution in [2.45, 2.75) is 38.3 Å². The molecule has 1 aliphatic rings. The van der Waals surface area contributed by atoms with Crippen molar-refractivity contribution in [2.24, 2.45) is 0 Å². The van der Waals surface area contributed by atoms with E-state index in [-0.39, 0.29) is 6.03 Å². The van der Waals surface area contributed by atoms with Crippen molar-refractivity contribution in [2.75, 3.05) is 0 Å². The molecule has 2 N–H and O–H groups in total. The third-order valence-electron chi connectivity index (χ3n) is 2.77. The first-order valence-electron chi connectivity index (χ1n) is 5.51. The van der Waals surface area contributed by atoms with E-state index < -0.39 is 0 Å². The molecule has 0 aliphatic heterocycles. The Morgan fingerprint density at radius 3 is 2.88 bits per heavy atom. The van der Waals surface area contributed by atoms with E-state index in [1.807, 2.05) is 11.4 Å². The average molecular weight is 303 g/mol. The molecule has 1 aromatic rings. The Hall–Kier alpha value is -0.550. The lowest BCUT2D eigenvalue weighted by Gasteiger charge is -2.12. The summed E-state index contributed by atoms with van der Waals surface area (Å²) < 4.78 is 1.10. The van der Waals surface area contributed by atoms with Crippen LogP contribution in [0.4, 0.5) is 4.79 Å². The van der Waals surface area contributed by atoms with E-state index in [2.05, 4.69) is 26.6 Å². The molecule has 1 heterocycles. The van der Waals surface area contributed by atoms with Crippen LogP contribution in [0.1, 0.15) is 31.2 Å². The predicted molar refractivity (Wildman–Crippen MR) is 69.6 cm³/mol. The minimum Gasteiger partial charge on any atom is -0.335 e. The number of hydrogen-bond donors (Lipinski definition) is 2. The molecule has 0 radical (unpaired) electrons. The van der Waals surface area contributed by atoms with Crippen molar-refractivity contribution in [1.29, 1.82) is 0 Å². The molecule has 0 atom stereocenters. The number of thiophene rings is 1. The van der Waals surface area contributed by atoms with E-state index in [4.69, 9.17) is 0 Å². The van der Waals surface area contributed by atoms with Gasteiger partial charge in [0.1, 0.15) is 0 Å². The number of rotatable bonds is 3. The number of carbonyl (C=O) groups excluding carboxylic acids is 1. The Bertz CT molecular complexity index is 361. The molecule has 88 valence electrons. The first-order valence-corrected chi connectivity index (χ1v) is 7.18. The second kappa shape index (κ2) is 5.68. The van der Waals surface area contributed by atoms with Gasteiger partial charge in [0.15, 0.2) is 0 Å². The molecule has 0 bridgehead atoms. The van der Waals surface area contributed by atoms with E-state index in [1.165, 1.54) is 12.8 Å². The third-order valence-corrected chi connectivity index (χ3v) is 4.32. The molecule has 16 heavy (non-hydrogen) atoms. The Morgan fingerprint density at radius 1 is 1.50 bits per heavy atom. The number of nitrogens with one attached hydrogen (secondary N) is 2. The molecule has 0 saturated heterocycles. The molecule has 1 saturated carbocycles. The number of amides is 2. The molecule has 1 fully saturated rings. The van der Waals surface area contributed by atoms with E-state index in [0.717, 1.165) is 22.2 Å². The molecular weight excluding hydrogens is 288 g/mol. The van der Waals surface area contributed by atoms with Crippen molar-refractivity contribution in [3.05, 3.63) is 20.8 Å². The van der Waals surface area contributed by atoms with Crippen LogP contribution >= 0.6 is 27.3 Å². The fourth-order valence-electron chi connectivity index (χ4n) is 1.93. The van der Waals surface area contributed by atoms with Crippen LogP contribution < -0.4 is 10.6 Å². The van der Waals surface area contributed by atoms with Crippen LogP contribution in [0.15, 0.2) is 15.2 Å². The van der Waals surface area contributed by atoms with Gasteiger partial charge in [0.05, 0.1) is 3.79 Å². The molecule has 2 amide bonds. The maximum absolute atomic E-state index is 11.5. The highest BCUT2D eigenvalue weighted by Gasteiger charge is 2.16. The van der Waals surface area contributed by atoms with Crippen LogP contribution in [0.2, 0.25) is 0 Å². The molecule has 5 heteroatoms. The summed E-state index contributed by atoms with van der Waals surface area (Å²) in [4.78, 5) is 11.5. The predicted octanol–water partition coefficient (Wildman–Crippen LogP) is 3.25. The molecule has 2 rings (SSSR count). The quantitative estimate of drug-likeness (QED) is 0.884. The summed E-state index contributed by atoms with van der Waals surface area (Å²) in [7, 11) is 0. The fourth-order valence-corrected chi connectivity index (χ4v) is 3.14. The highest BCUT2D eigenvalue weighted by atomic mass is 79.9. The topological polar surface area (TPSA) is 41.1 Å². The molecule has 0 unspecified atom stereocenters. The van der Waals surface area contributed by atoms with Crippen LogP contribution in [0.3, 0.4) is 0 Å². The summed E-state index contributed by atoms with van der Waals surface area (Å²) in [6.07, 6.45) is 4.72. The zero-order valence-corrected chi connectivity index (χ0v) is 11.4. The maximum atomic E-state index is 11.5. The zero-order chi connectivity index (χ0) is 11.4. The van der Waals surface area contributed by atoms with Gasteiger partial charge in [-0.1, -0.05) is 12.8 Å². The first kappa shape index (κ1) is 11.9. The second-order valence-corrected chi connectivity index (χ2v) is 6.36. The molecule has 0 aromatic carbocycles. The van der Waals surface area contributed by atoms with Crippen molar-refractivity contribution < 1.29 is 4.79 Å². The summed E-state index contributed by atoms with van der Waals surface area (Å²) in [5.74, 6) is 0. The average Bonchev–Trinajstić information content (AvgIpc) is 2.87. The van der Waals surface area contributed by atoms with Crippen LogP contribution in [0, 0.1) is 0 Å². The van der Waals surface area contributed by atoms with E-state index in [1.54, 1.807) is 11.3 Å². The van der Waals surface area contributed by atoms with Crippen LogP contribution in [-0.2, 0) is 6.54 Å². The molecule has 1 aromatic heterocycles. The van der Waals surface area contributed by atoms with E-state index >= 15 is 0 Å². The lowest BCUT2D eigenvalue weighted by atomic mass is 10.2. The Balaban J connectivity index is 1.71. The maximum Gasteiger partial charge on any atom is 0.315 e. The van der Waals surface area contributed by atoms with Gasteiger partial charge >= 0.3 is 6.03 Å². The zero-order valence-electron chi connectivity index (χ0n) is 8.96. The molecule has 3 nitrogen and oxygen atoms in total. The minimum absolute atomic E-state index is 0.0470. The summed E-state index contributed by atoms with van der Waals surface area (Å²) in [6, 6.07) is 2.36. The van der Waals surface area contributed by atoms with Gasteiger partial charge in [-0.2, -0.15) is 0 Å². The molecular formula is C11H15BrN2OS. The highest BCUT2D eigenvalue weighted by molar-refractivity contribution is 9.11. The summed E-state index contributed by atoms with van der Waals surface area (Å²) in [6.45, 7) is 0.598. The largest absolute Gasteiger partial charge is 0.335 e. The Labute approximate surface area is 108 Å². The van der Waals surface area contributed by atoms with Crippen LogP contribution in [0.25, 0.3) is 0 Å². The van der Waals surface area contributed by atoms with Gasteiger partial charge in [0.2, 0.25) is 0 Å². The van der Waals surface area contributed by atoms with Gasteiger partial charge in [-0.05, 0) is 45.8 Å². The van der Waals surface area contributed by atoms with Gasteiger partial charge in [-0.15, -0.1) is 11.3 Å². The summed E-state index contributed by atoms with van der Waals surface area (Å²) in [5, 5.41) is 7.91. The van der Waals surface area contributed by atoms with Crippen molar-refractivity contribution >= 4 is 33.3 Å². The number of hydrogen-bond acceptors (Lipinski definition) is 2. The van der Waals surface area contributed by atoms with Crippen LogP contribution in [0.5, 0.6) is 0 Å². The van der Waals surface area contributed by atoms with Gasteiger partial charge in [-0.3, -0.25) is 0 Å². The minimum atomic E-state index is -0.0470. The third kappa shape index (κ3) is 3.49. The first-order chi connectivity index (χ1) is 7.74. The molecule has 1 aliphatic carbocycles. The van der Waals surface area contributed by atoms with Gasteiger partial charge in [-0.25, -0.2) is 4.79 Å². The van der Waals surface area contributed by atoms with Crippen molar-refractivity contribution in [3.8, 4) is 0 Å². The van der Waals surface area contributed by atoms with E-state index in [9.17, 15) is 4.79 Å². The Morgan fingerprint density at radius 2 is 2.25 bits per heavy atom. The number of urea groups is 1. The monoisotopic (exact) mass is 302 g/mol. The van der Waals surface area contributed by atoms with E-state index in [0.29, 0.717) is 12.6 Å². The normalized spacial score (nSPS) is 16.3. The lowest BCUT2D eigenvalue weighted by molar-refractivity contribution is 0.236. The lowest BCUT2D eigenvalue weighted by Crippen LogP contribution is -2.40. The number of halogens is 1. The fraction of sp³-hybridized carbons (Fsp3) is 0.545. The van der Waals surface area contributed by atoms with Crippen molar-refractivity contribution in [1.82, 2.24) is 10.6 Å². The highest BCUT2D eigenvalue weighted by Crippen LogP contribution is 2.20. The smallest absolute Gasteiger partial charge is 0.315 e. The summed E-state index contributed by atoms with van der Waals surface area (Å²) in [5.41, 5.74) is 1.14. The standard InChI is InChI=1S/C11H15BrN2OS/c12-10-5-8(7-16-10)6-13-11(15)14-9-3-1-2-4-9/h5,7,9H,1-4,6H2,(H2,13,14,15). The van der Waals surface area contributed by atoms with Gasteiger partial charge in [0, 0.05) is 12.6 Å². The van der Waals surface area contributed by atoms with Gasteiger partial charge in [0.25, 0.3) is 0 Å². The van der Waals surface area contributed by atoms with Crippen LogP contribution in [-0.4, -0.2) is 12.1 Å². The van der Waals surface area contributed by atoms with Gasteiger partial charge < -0.3 is 10.6 Å². The SMILES string of the molecule is O=C(NCc1csc(Br)c1)NC1CCCC1.